The Morgan fingerprint density at radius 1 is 0.379 bits per heavy atom. The van der Waals surface area contributed by atoms with Crippen LogP contribution in [0.5, 0.6) is 0 Å². The van der Waals surface area contributed by atoms with Gasteiger partial charge in [0.25, 0.3) is 0 Å². The van der Waals surface area contributed by atoms with Gasteiger partial charge in [-0.05, 0) is 76.2 Å². The van der Waals surface area contributed by atoms with E-state index in [2.05, 4.69) is 19.9 Å². The minimum Gasteiger partial charge on any atom is -0.251 e. The predicted molar refractivity (Wildman–Crippen MR) is 114 cm³/mol. The molecule has 0 aliphatic heterocycles. The number of aryl methyl sites for hydroxylation is 4. The summed E-state index contributed by atoms with van der Waals surface area (Å²) in [5.41, 5.74) is 7.83. The van der Waals surface area contributed by atoms with E-state index in [-0.39, 0.29) is 16.8 Å². The monoisotopic (exact) mass is 427 g/mol. The molecule has 0 fully saturated rings. The SMILES string of the molecule is Cc1cccc(-c2cccc(C)n2)n1.Cc1cccc(-c2cccc(C)n2)n1.[Co]. The Kier molecular flexibility index (Phi) is 8.18. The zero-order chi connectivity index (χ0) is 19.9. The van der Waals surface area contributed by atoms with E-state index >= 15 is 0 Å². The second kappa shape index (κ2) is 10.6. The van der Waals surface area contributed by atoms with E-state index in [1.807, 2.05) is 100 Å². The van der Waals surface area contributed by atoms with Crippen molar-refractivity contribution in [3.63, 3.8) is 0 Å². The summed E-state index contributed by atoms with van der Waals surface area (Å²) in [6.07, 6.45) is 0. The molecule has 0 N–H and O–H groups in total. The molecule has 0 unspecified atom stereocenters. The van der Waals surface area contributed by atoms with Gasteiger partial charge in [0.05, 0.1) is 22.8 Å². The van der Waals surface area contributed by atoms with Gasteiger partial charge in [-0.2, -0.15) is 0 Å². The predicted octanol–water partition coefficient (Wildman–Crippen LogP) is 5.52. The van der Waals surface area contributed by atoms with Gasteiger partial charge >= 0.3 is 0 Å². The fourth-order valence-corrected chi connectivity index (χ4v) is 2.74. The van der Waals surface area contributed by atoms with Crippen LogP contribution in [0, 0.1) is 27.7 Å². The summed E-state index contributed by atoms with van der Waals surface area (Å²) >= 11 is 0. The standard InChI is InChI=1S/2C12H12N2.Co/c2*1-9-5-3-7-11(13-9)12-8-4-6-10(2)14-12;/h2*3-8H,1-2H3;. The average molecular weight is 427 g/mol. The van der Waals surface area contributed by atoms with E-state index in [4.69, 9.17) is 0 Å². The van der Waals surface area contributed by atoms with Crippen LogP contribution in [0.4, 0.5) is 0 Å². The Labute approximate surface area is 182 Å². The first-order chi connectivity index (χ1) is 13.5. The van der Waals surface area contributed by atoms with Crippen LogP contribution >= 0.6 is 0 Å². The van der Waals surface area contributed by atoms with Crippen molar-refractivity contribution in [3.8, 4) is 22.8 Å². The Morgan fingerprint density at radius 2 is 0.586 bits per heavy atom. The van der Waals surface area contributed by atoms with Crippen molar-refractivity contribution in [2.75, 3.05) is 0 Å². The van der Waals surface area contributed by atoms with Gasteiger partial charge in [0.2, 0.25) is 0 Å². The molecule has 4 aromatic rings. The summed E-state index contributed by atoms with van der Waals surface area (Å²) < 4.78 is 0. The third kappa shape index (κ3) is 6.59. The van der Waals surface area contributed by atoms with Crippen LogP contribution in [-0.4, -0.2) is 19.9 Å². The van der Waals surface area contributed by atoms with E-state index in [9.17, 15) is 0 Å². The van der Waals surface area contributed by atoms with Gasteiger partial charge in [-0.3, -0.25) is 19.9 Å². The number of hydrogen-bond acceptors (Lipinski definition) is 4. The molecule has 0 atom stereocenters. The summed E-state index contributed by atoms with van der Waals surface area (Å²) in [5.74, 6) is 0. The molecule has 4 aromatic heterocycles. The molecule has 0 bridgehead atoms. The van der Waals surface area contributed by atoms with Gasteiger partial charge < -0.3 is 0 Å². The van der Waals surface area contributed by atoms with Gasteiger partial charge in [-0.1, -0.05) is 24.3 Å². The summed E-state index contributed by atoms with van der Waals surface area (Å²) in [6.45, 7) is 7.94. The van der Waals surface area contributed by atoms with Crippen molar-refractivity contribution < 1.29 is 16.8 Å². The van der Waals surface area contributed by atoms with Gasteiger partial charge in [0, 0.05) is 39.6 Å². The number of hydrogen-bond donors (Lipinski definition) is 0. The molecule has 4 heterocycles. The van der Waals surface area contributed by atoms with Crippen LogP contribution in [0.1, 0.15) is 22.8 Å². The van der Waals surface area contributed by atoms with Crippen molar-refractivity contribution in [1.29, 1.82) is 0 Å². The van der Waals surface area contributed by atoms with Crippen molar-refractivity contribution in [3.05, 3.63) is 95.6 Å². The van der Waals surface area contributed by atoms with Crippen LogP contribution < -0.4 is 0 Å². The summed E-state index contributed by atoms with van der Waals surface area (Å²) in [6, 6.07) is 23.9. The fraction of sp³-hybridized carbons (Fsp3) is 0.167. The third-order valence-electron chi connectivity index (χ3n) is 4.08. The molecule has 0 saturated carbocycles. The van der Waals surface area contributed by atoms with E-state index in [0.717, 1.165) is 45.6 Å². The van der Waals surface area contributed by atoms with Gasteiger partial charge in [0.15, 0.2) is 0 Å². The molecular formula is C24H24CoN4. The van der Waals surface area contributed by atoms with E-state index in [1.54, 1.807) is 0 Å². The normalized spacial score (nSPS) is 9.79. The number of pyridine rings is 4. The van der Waals surface area contributed by atoms with Crippen molar-refractivity contribution in [1.82, 2.24) is 19.9 Å². The topological polar surface area (TPSA) is 51.6 Å². The molecule has 0 amide bonds. The van der Waals surface area contributed by atoms with Gasteiger partial charge in [-0.25, -0.2) is 0 Å². The molecular weight excluding hydrogens is 403 g/mol. The van der Waals surface area contributed by atoms with Crippen LogP contribution in [0.25, 0.3) is 22.8 Å². The Balaban J connectivity index is 0.000000200. The molecule has 0 aliphatic carbocycles. The molecule has 4 rings (SSSR count). The first-order valence-electron chi connectivity index (χ1n) is 9.26. The summed E-state index contributed by atoms with van der Waals surface area (Å²) in [7, 11) is 0. The maximum atomic E-state index is 4.42. The molecule has 0 aromatic carbocycles. The Hall–Kier alpha value is -2.89. The second-order valence-electron chi connectivity index (χ2n) is 6.66. The minimum atomic E-state index is 0. The second-order valence-corrected chi connectivity index (χ2v) is 6.66. The number of aromatic nitrogens is 4. The van der Waals surface area contributed by atoms with E-state index < -0.39 is 0 Å². The zero-order valence-corrected chi connectivity index (χ0v) is 18.1. The first-order valence-corrected chi connectivity index (χ1v) is 9.26. The molecule has 0 spiro atoms. The number of nitrogens with zero attached hydrogens (tertiary/aromatic N) is 4. The molecule has 149 valence electrons. The smallest absolute Gasteiger partial charge is 0.0889 e. The number of rotatable bonds is 2. The van der Waals surface area contributed by atoms with Crippen molar-refractivity contribution in [2.45, 2.75) is 27.7 Å². The Bertz CT molecular complexity index is 905. The Morgan fingerprint density at radius 3 is 0.759 bits per heavy atom. The maximum Gasteiger partial charge on any atom is 0.0889 e. The van der Waals surface area contributed by atoms with Crippen molar-refractivity contribution in [2.24, 2.45) is 0 Å². The average Bonchev–Trinajstić information content (AvgIpc) is 2.69. The minimum absolute atomic E-state index is 0. The van der Waals surface area contributed by atoms with Crippen LogP contribution in [0.3, 0.4) is 0 Å². The summed E-state index contributed by atoms with van der Waals surface area (Å²) in [5, 5.41) is 0. The molecule has 4 nitrogen and oxygen atoms in total. The first kappa shape index (κ1) is 22.4. The molecule has 0 saturated heterocycles. The molecule has 0 aliphatic rings. The van der Waals surface area contributed by atoms with Crippen molar-refractivity contribution >= 4 is 0 Å². The molecule has 29 heavy (non-hydrogen) atoms. The molecule has 5 heteroatoms. The molecule has 1 radical (unpaired) electrons. The zero-order valence-electron chi connectivity index (χ0n) is 17.1. The fourth-order valence-electron chi connectivity index (χ4n) is 2.74. The third-order valence-corrected chi connectivity index (χ3v) is 4.08. The van der Waals surface area contributed by atoms with Crippen LogP contribution in [0.15, 0.2) is 72.8 Å². The van der Waals surface area contributed by atoms with Crippen LogP contribution in [0.2, 0.25) is 0 Å². The van der Waals surface area contributed by atoms with E-state index in [0.29, 0.717) is 0 Å². The maximum absolute atomic E-state index is 4.42. The van der Waals surface area contributed by atoms with Gasteiger partial charge in [0.1, 0.15) is 0 Å². The largest absolute Gasteiger partial charge is 0.251 e. The van der Waals surface area contributed by atoms with E-state index in [1.165, 1.54) is 0 Å². The quantitative estimate of drug-likeness (QED) is 0.423. The van der Waals surface area contributed by atoms with Gasteiger partial charge in [-0.15, -0.1) is 0 Å². The van der Waals surface area contributed by atoms with Crippen LogP contribution in [-0.2, 0) is 16.8 Å². The summed E-state index contributed by atoms with van der Waals surface area (Å²) in [4.78, 5) is 17.7.